The van der Waals surface area contributed by atoms with Crippen LogP contribution in [0.2, 0.25) is 0 Å². The Kier molecular flexibility index (Phi) is 3.45. The number of aldehydes is 1. The predicted octanol–water partition coefficient (Wildman–Crippen LogP) is 4.80. The number of ether oxygens (including phenoxy) is 1. The van der Waals surface area contributed by atoms with Gasteiger partial charge in [0.15, 0.2) is 0 Å². The van der Waals surface area contributed by atoms with Crippen molar-refractivity contribution in [3.05, 3.63) is 65.7 Å². The van der Waals surface area contributed by atoms with Gasteiger partial charge in [-0.2, -0.15) is 0 Å². The highest BCUT2D eigenvalue weighted by Crippen LogP contribution is 2.54. The number of aliphatic imine (C=N–C) groups is 1. The molecule has 5 rings (SSSR count). The van der Waals surface area contributed by atoms with Gasteiger partial charge in [0.25, 0.3) is 0 Å². The zero-order valence-corrected chi connectivity index (χ0v) is 16.3. The van der Waals surface area contributed by atoms with Crippen LogP contribution >= 0.6 is 0 Å². The number of hydrogen-bond donors (Lipinski definition) is 0. The lowest BCUT2D eigenvalue weighted by Crippen LogP contribution is -2.61. The Labute approximate surface area is 164 Å². The first-order valence-corrected chi connectivity index (χ1v) is 9.55. The van der Waals surface area contributed by atoms with E-state index in [1.165, 1.54) is 11.3 Å². The zero-order valence-electron chi connectivity index (χ0n) is 16.3. The van der Waals surface area contributed by atoms with Crippen LogP contribution < -0.4 is 9.64 Å². The minimum atomic E-state index is -0.672. The monoisotopic (exact) mass is 370 g/mol. The number of carbonyl (C=O) groups excluding carboxylic acids is 1. The van der Waals surface area contributed by atoms with E-state index in [0.29, 0.717) is 6.42 Å². The van der Waals surface area contributed by atoms with Crippen molar-refractivity contribution < 1.29 is 9.53 Å². The van der Waals surface area contributed by atoms with Crippen LogP contribution in [0.5, 0.6) is 5.75 Å². The van der Waals surface area contributed by atoms with Gasteiger partial charge in [-0.1, -0.05) is 42.5 Å². The van der Waals surface area contributed by atoms with Crippen molar-refractivity contribution in [3.63, 3.8) is 0 Å². The Hall–Kier alpha value is -3.14. The molecule has 3 aromatic carbocycles. The molecule has 140 valence electrons. The molecule has 2 aliphatic heterocycles. The number of hydrogen-bond acceptors (Lipinski definition) is 4. The van der Waals surface area contributed by atoms with E-state index < -0.39 is 5.72 Å². The lowest BCUT2D eigenvalue weighted by molar-refractivity contribution is -0.107. The van der Waals surface area contributed by atoms with Crippen molar-refractivity contribution in [2.75, 3.05) is 11.9 Å². The predicted molar refractivity (Wildman–Crippen MR) is 113 cm³/mol. The maximum atomic E-state index is 10.8. The topological polar surface area (TPSA) is 41.9 Å². The molecule has 0 aromatic heterocycles. The van der Waals surface area contributed by atoms with E-state index in [1.54, 1.807) is 0 Å². The molecule has 0 amide bonds. The van der Waals surface area contributed by atoms with E-state index >= 15 is 0 Å². The normalized spacial score (nSPS) is 21.5. The molecule has 1 spiro atoms. The van der Waals surface area contributed by atoms with Gasteiger partial charge in [-0.25, -0.2) is 0 Å². The third-order valence-corrected chi connectivity index (χ3v) is 6.30. The standard InChI is InChI=1S/C24H22N2O2/c1-23(2)19-6-4-5-7-20(19)26(3)24(23)15-25-22-18-10-8-16(12-13-27)14-17(18)9-11-21(22)28-24/h4-11,13-15H,12H2,1-3H3. The van der Waals surface area contributed by atoms with E-state index in [-0.39, 0.29) is 5.41 Å². The summed E-state index contributed by atoms with van der Waals surface area (Å²) in [6.07, 6.45) is 3.31. The van der Waals surface area contributed by atoms with Crippen LogP contribution in [0.1, 0.15) is 25.0 Å². The van der Waals surface area contributed by atoms with Gasteiger partial charge in [0.2, 0.25) is 5.72 Å². The zero-order chi connectivity index (χ0) is 19.5. The molecular weight excluding hydrogens is 348 g/mol. The largest absolute Gasteiger partial charge is 0.459 e. The van der Waals surface area contributed by atoms with Crippen LogP contribution in [0.25, 0.3) is 10.8 Å². The lowest BCUT2D eigenvalue weighted by Gasteiger charge is -2.45. The summed E-state index contributed by atoms with van der Waals surface area (Å²) in [5.74, 6) is 0.783. The second-order valence-corrected chi connectivity index (χ2v) is 8.10. The molecule has 1 unspecified atom stereocenters. The van der Waals surface area contributed by atoms with Crippen LogP contribution in [-0.4, -0.2) is 25.3 Å². The Bertz CT molecular complexity index is 1150. The highest BCUT2D eigenvalue weighted by atomic mass is 16.5. The van der Waals surface area contributed by atoms with Crippen LogP contribution in [0.4, 0.5) is 11.4 Å². The SMILES string of the molecule is CN1c2ccccc2C(C)(C)C12C=Nc1c(ccc3cc(CC=O)ccc13)O2. The molecule has 0 radical (unpaired) electrons. The van der Waals surface area contributed by atoms with Gasteiger partial charge >= 0.3 is 0 Å². The number of fused-ring (bicyclic) bond motifs is 4. The number of nitrogens with zero attached hydrogens (tertiary/aromatic N) is 2. The maximum Gasteiger partial charge on any atom is 0.228 e. The summed E-state index contributed by atoms with van der Waals surface area (Å²) in [4.78, 5) is 17.9. The minimum absolute atomic E-state index is 0.262. The van der Waals surface area contributed by atoms with Gasteiger partial charge in [0.1, 0.15) is 17.7 Å². The van der Waals surface area contributed by atoms with Gasteiger partial charge in [-0.05, 0) is 42.5 Å². The summed E-state index contributed by atoms with van der Waals surface area (Å²) in [7, 11) is 2.07. The Morgan fingerprint density at radius 1 is 1.11 bits per heavy atom. The highest BCUT2D eigenvalue weighted by Gasteiger charge is 2.58. The lowest BCUT2D eigenvalue weighted by atomic mass is 9.77. The third kappa shape index (κ3) is 2.06. The van der Waals surface area contributed by atoms with E-state index in [0.717, 1.165) is 34.1 Å². The van der Waals surface area contributed by atoms with E-state index in [2.05, 4.69) is 50.1 Å². The Morgan fingerprint density at radius 2 is 1.93 bits per heavy atom. The molecule has 4 nitrogen and oxygen atoms in total. The smallest absolute Gasteiger partial charge is 0.228 e. The first kappa shape index (κ1) is 17.0. The molecule has 0 saturated carbocycles. The average molecular weight is 370 g/mol. The molecule has 0 bridgehead atoms. The first-order chi connectivity index (χ1) is 13.5. The molecule has 0 aliphatic carbocycles. The van der Waals surface area contributed by atoms with Crippen LogP contribution in [0, 0.1) is 0 Å². The van der Waals surface area contributed by atoms with Crippen molar-refractivity contribution in [1.82, 2.24) is 0 Å². The number of likely N-dealkylation sites (N-methyl/N-ethyl adjacent to an activating group) is 1. The van der Waals surface area contributed by atoms with Gasteiger partial charge in [-0.3, -0.25) is 4.99 Å². The molecule has 4 heteroatoms. The minimum Gasteiger partial charge on any atom is -0.459 e. The summed E-state index contributed by atoms with van der Waals surface area (Å²) in [5.41, 5.74) is 3.35. The first-order valence-electron chi connectivity index (χ1n) is 9.55. The summed E-state index contributed by atoms with van der Waals surface area (Å²) >= 11 is 0. The fourth-order valence-electron chi connectivity index (χ4n) is 4.66. The highest BCUT2D eigenvalue weighted by molar-refractivity contribution is 6.00. The molecular formula is C24H22N2O2. The van der Waals surface area contributed by atoms with E-state index in [1.807, 2.05) is 36.5 Å². The van der Waals surface area contributed by atoms with Crippen molar-refractivity contribution in [2.45, 2.75) is 31.4 Å². The fraction of sp³-hybridized carbons (Fsp3) is 0.250. The van der Waals surface area contributed by atoms with E-state index in [9.17, 15) is 4.79 Å². The van der Waals surface area contributed by atoms with Gasteiger partial charge in [0.05, 0.1) is 11.6 Å². The van der Waals surface area contributed by atoms with Crippen LogP contribution in [-0.2, 0) is 16.6 Å². The molecule has 0 fully saturated rings. The molecule has 28 heavy (non-hydrogen) atoms. The number of benzene rings is 3. The number of rotatable bonds is 2. The summed E-state index contributed by atoms with van der Waals surface area (Å²) < 4.78 is 6.70. The van der Waals surface area contributed by atoms with Gasteiger partial charge in [0, 0.05) is 24.5 Å². The maximum absolute atomic E-state index is 10.8. The third-order valence-electron chi connectivity index (χ3n) is 6.30. The summed E-state index contributed by atoms with van der Waals surface area (Å²) in [6.45, 7) is 4.41. The molecule has 0 saturated heterocycles. The molecule has 2 aliphatic rings. The van der Waals surface area contributed by atoms with Crippen molar-refractivity contribution in [2.24, 2.45) is 4.99 Å². The Balaban J connectivity index is 1.65. The Morgan fingerprint density at radius 3 is 2.71 bits per heavy atom. The second kappa shape index (κ2) is 5.68. The van der Waals surface area contributed by atoms with Gasteiger partial charge in [-0.15, -0.1) is 0 Å². The number of para-hydroxylation sites is 1. The van der Waals surface area contributed by atoms with Gasteiger partial charge < -0.3 is 14.4 Å². The van der Waals surface area contributed by atoms with E-state index in [4.69, 9.17) is 9.73 Å². The molecule has 0 N–H and O–H groups in total. The molecule has 2 heterocycles. The second-order valence-electron chi connectivity index (χ2n) is 8.10. The summed E-state index contributed by atoms with van der Waals surface area (Å²) in [5, 5.41) is 2.10. The summed E-state index contributed by atoms with van der Waals surface area (Å²) in [6, 6.07) is 18.5. The number of carbonyl (C=O) groups is 1. The quantitative estimate of drug-likeness (QED) is 0.609. The molecule has 3 aromatic rings. The van der Waals surface area contributed by atoms with Crippen molar-refractivity contribution in [1.29, 1.82) is 0 Å². The number of anilines is 1. The van der Waals surface area contributed by atoms with Crippen LogP contribution in [0.3, 0.4) is 0 Å². The average Bonchev–Trinajstić information content (AvgIpc) is 2.87. The molecule has 1 atom stereocenters. The van der Waals surface area contributed by atoms with Crippen molar-refractivity contribution >= 4 is 34.6 Å². The fourth-order valence-corrected chi connectivity index (χ4v) is 4.66. The van der Waals surface area contributed by atoms with Crippen LogP contribution in [0.15, 0.2) is 59.6 Å². The van der Waals surface area contributed by atoms with Crippen molar-refractivity contribution in [3.8, 4) is 5.75 Å².